The number of fused-ring (bicyclic) bond motifs is 1. The molecule has 1 aromatic heterocycles. The molecule has 0 bridgehead atoms. The van der Waals surface area contributed by atoms with Crippen LogP contribution in [0.25, 0.3) is 10.2 Å². The van der Waals surface area contributed by atoms with Crippen LogP contribution in [0.3, 0.4) is 0 Å². The van der Waals surface area contributed by atoms with Crippen LogP contribution in [0, 0.1) is 6.92 Å². The molecular weight excluding hydrogens is 442 g/mol. The van der Waals surface area contributed by atoms with Crippen LogP contribution in [0.2, 0.25) is 0 Å². The molecule has 0 aliphatic carbocycles. The molecule has 1 heterocycles. The minimum Gasteiger partial charge on any atom is -0.495 e. The van der Waals surface area contributed by atoms with E-state index in [9.17, 15) is 4.79 Å². The quantitative estimate of drug-likeness (QED) is 0.362. The van der Waals surface area contributed by atoms with E-state index >= 15 is 0 Å². The van der Waals surface area contributed by atoms with Gasteiger partial charge in [-0.25, -0.2) is 4.98 Å². The van der Waals surface area contributed by atoms with Gasteiger partial charge in [0.2, 0.25) is 5.91 Å². The van der Waals surface area contributed by atoms with Crippen LogP contribution < -0.4 is 14.4 Å². The van der Waals surface area contributed by atoms with Gasteiger partial charge in [-0.15, -0.1) is 11.8 Å². The molecule has 0 aliphatic rings. The minimum absolute atomic E-state index is 0.0414. The maximum absolute atomic E-state index is 13.3. The molecule has 32 heavy (non-hydrogen) atoms. The molecule has 0 spiro atoms. The number of ether oxygens (including phenoxy) is 2. The number of likely N-dealkylation sites (N-methyl/N-ethyl adjacent to an activating group) is 1. The maximum Gasteiger partial charge on any atom is 0.239 e. The first kappa shape index (κ1) is 24.4. The smallest absolute Gasteiger partial charge is 0.239 e. The first-order valence-corrected chi connectivity index (χ1v) is 12.5. The van der Waals surface area contributed by atoms with Gasteiger partial charge in [-0.2, -0.15) is 0 Å². The van der Waals surface area contributed by atoms with Crippen molar-refractivity contribution in [2.24, 2.45) is 0 Å². The number of anilines is 1. The standard InChI is InChI=1S/C24H31N3O3S2/c1-6-26(7-2)14-15-27(21(28)16-31-18-10-8-17(3)9-11-18)24-25-22-19(29-4)12-13-20(30-5)23(22)32-24/h8-13H,6-7,14-16H2,1-5H3. The summed E-state index contributed by atoms with van der Waals surface area (Å²) in [5, 5.41) is 0.671. The van der Waals surface area contributed by atoms with Crippen molar-refractivity contribution in [2.45, 2.75) is 25.7 Å². The van der Waals surface area contributed by atoms with Crippen molar-refractivity contribution in [1.29, 1.82) is 0 Å². The predicted molar refractivity (Wildman–Crippen MR) is 135 cm³/mol. The van der Waals surface area contributed by atoms with E-state index in [0.29, 0.717) is 23.2 Å². The Balaban J connectivity index is 1.89. The number of amides is 1. The van der Waals surface area contributed by atoms with Gasteiger partial charge >= 0.3 is 0 Å². The third-order valence-electron chi connectivity index (χ3n) is 5.35. The average Bonchev–Trinajstić information content (AvgIpc) is 3.26. The summed E-state index contributed by atoms with van der Waals surface area (Å²) < 4.78 is 11.9. The number of thiazole rings is 1. The van der Waals surface area contributed by atoms with E-state index in [0.717, 1.165) is 40.5 Å². The fourth-order valence-corrected chi connectivity index (χ4v) is 5.25. The van der Waals surface area contributed by atoms with Crippen molar-refractivity contribution in [1.82, 2.24) is 9.88 Å². The third kappa shape index (κ3) is 5.74. The van der Waals surface area contributed by atoms with Crippen molar-refractivity contribution in [3.8, 4) is 11.5 Å². The summed E-state index contributed by atoms with van der Waals surface area (Å²) in [5.74, 6) is 1.80. The molecular formula is C24H31N3O3S2. The van der Waals surface area contributed by atoms with Crippen LogP contribution in [0.15, 0.2) is 41.3 Å². The van der Waals surface area contributed by atoms with Gasteiger partial charge in [-0.3, -0.25) is 9.69 Å². The molecule has 0 fully saturated rings. The third-order valence-corrected chi connectivity index (χ3v) is 7.44. The Kier molecular flexibility index (Phi) is 8.78. The average molecular weight is 474 g/mol. The molecule has 0 unspecified atom stereocenters. The normalized spacial score (nSPS) is 11.2. The lowest BCUT2D eigenvalue weighted by molar-refractivity contribution is -0.116. The van der Waals surface area contributed by atoms with Crippen LogP contribution in [0.5, 0.6) is 11.5 Å². The van der Waals surface area contributed by atoms with Gasteiger partial charge in [0, 0.05) is 18.0 Å². The summed E-state index contributed by atoms with van der Waals surface area (Å²) in [6.07, 6.45) is 0. The zero-order chi connectivity index (χ0) is 23.1. The highest BCUT2D eigenvalue weighted by Gasteiger charge is 2.23. The number of carbonyl (C=O) groups is 1. The Hall–Kier alpha value is -2.29. The van der Waals surface area contributed by atoms with Crippen molar-refractivity contribution in [3.05, 3.63) is 42.0 Å². The Bertz CT molecular complexity index is 992. The van der Waals surface area contributed by atoms with Crippen LogP contribution in [-0.2, 0) is 4.79 Å². The van der Waals surface area contributed by atoms with Gasteiger partial charge in [0.15, 0.2) is 5.13 Å². The van der Waals surface area contributed by atoms with Gasteiger partial charge < -0.3 is 14.4 Å². The lowest BCUT2D eigenvalue weighted by atomic mass is 10.2. The summed E-state index contributed by atoms with van der Waals surface area (Å²) in [4.78, 5) is 23.3. The number of aryl methyl sites for hydroxylation is 1. The second kappa shape index (κ2) is 11.5. The zero-order valence-electron chi connectivity index (χ0n) is 19.4. The van der Waals surface area contributed by atoms with Gasteiger partial charge in [0.05, 0.1) is 20.0 Å². The van der Waals surface area contributed by atoms with E-state index in [1.165, 1.54) is 16.9 Å². The molecule has 0 saturated carbocycles. The van der Waals surface area contributed by atoms with E-state index in [2.05, 4.69) is 49.9 Å². The van der Waals surface area contributed by atoms with Gasteiger partial charge in [-0.05, 0) is 44.3 Å². The molecule has 3 aromatic rings. The molecule has 172 valence electrons. The highest BCUT2D eigenvalue weighted by Crippen LogP contribution is 2.40. The number of carbonyl (C=O) groups excluding carboxylic acids is 1. The van der Waals surface area contributed by atoms with Crippen LogP contribution in [-0.4, -0.2) is 61.9 Å². The fourth-order valence-electron chi connectivity index (χ4n) is 3.36. The van der Waals surface area contributed by atoms with Crippen molar-refractivity contribution in [3.63, 3.8) is 0 Å². The van der Waals surface area contributed by atoms with Gasteiger partial charge in [-0.1, -0.05) is 42.9 Å². The molecule has 0 atom stereocenters. The first-order chi connectivity index (χ1) is 15.5. The van der Waals surface area contributed by atoms with E-state index in [4.69, 9.17) is 14.5 Å². The molecule has 0 aliphatic heterocycles. The highest BCUT2D eigenvalue weighted by molar-refractivity contribution is 8.00. The van der Waals surface area contributed by atoms with Gasteiger partial charge in [0.1, 0.15) is 21.7 Å². The largest absolute Gasteiger partial charge is 0.495 e. The number of thioether (sulfide) groups is 1. The van der Waals surface area contributed by atoms with Crippen molar-refractivity contribution >= 4 is 44.4 Å². The van der Waals surface area contributed by atoms with E-state index in [1.807, 2.05) is 17.0 Å². The summed E-state index contributed by atoms with van der Waals surface area (Å²) in [6, 6.07) is 12.0. The molecule has 6 nitrogen and oxygen atoms in total. The second-order valence-corrected chi connectivity index (χ2v) is 9.34. The van der Waals surface area contributed by atoms with E-state index < -0.39 is 0 Å². The monoisotopic (exact) mass is 473 g/mol. The number of aromatic nitrogens is 1. The van der Waals surface area contributed by atoms with Gasteiger partial charge in [0.25, 0.3) is 0 Å². The molecule has 3 rings (SSSR count). The summed E-state index contributed by atoms with van der Waals surface area (Å²) in [7, 11) is 3.27. The van der Waals surface area contributed by atoms with Crippen LogP contribution in [0.4, 0.5) is 5.13 Å². The number of nitrogens with zero attached hydrogens (tertiary/aromatic N) is 3. The molecule has 1 amide bonds. The Morgan fingerprint density at radius 3 is 2.28 bits per heavy atom. The highest BCUT2D eigenvalue weighted by atomic mass is 32.2. The topological polar surface area (TPSA) is 54.9 Å². The number of rotatable bonds is 11. The fraction of sp³-hybridized carbons (Fsp3) is 0.417. The number of hydrogen-bond donors (Lipinski definition) is 0. The Labute approximate surface area is 198 Å². The molecule has 8 heteroatoms. The van der Waals surface area contributed by atoms with Crippen LogP contribution in [0.1, 0.15) is 19.4 Å². The SMILES string of the molecule is CCN(CC)CCN(C(=O)CSc1ccc(C)cc1)c1nc2c(OC)ccc(OC)c2s1. The molecule has 0 radical (unpaired) electrons. The lowest BCUT2D eigenvalue weighted by Crippen LogP contribution is -2.39. The Morgan fingerprint density at radius 2 is 1.66 bits per heavy atom. The number of benzene rings is 2. The zero-order valence-corrected chi connectivity index (χ0v) is 21.0. The second-order valence-electron chi connectivity index (χ2n) is 7.32. The summed E-state index contributed by atoms with van der Waals surface area (Å²) >= 11 is 3.02. The first-order valence-electron chi connectivity index (χ1n) is 10.7. The van der Waals surface area contributed by atoms with Crippen molar-refractivity contribution in [2.75, 3.05) is 51.1 Å². The van der Waals surface area contributed by atoms with Crippen LogP contribution >= 0.6 is 23.1 Å². The molecule has 0 N–H and O–H groups in total. The summed E-state index contributed by atoms with van der Waals surface area (Å²) in [6.45, 7) is 9.59. The molecule has 0 saturated heterocycles. The number of methoxy groups -OCH3 is 2. The van der Waals surface area contributed by atoms with E-state index in [1.54, 1.807) is 26.0 Å². The van der Waals surface area contributed by atoms with E-state index in [-0.39, 0.29) is 5.91 Å². The molecule has 2 aromatic carbocycles. The Morgan fingerprint density at radius 1 is 1.00 bits per heavy atom. The maximum atomic E-state index is 13.3. The number of hydrogen-bond acceptors (Lipinski definition) is 7. The predicted octanol–water partition coefficient (Wildman–Crippen LogP) is 5.09. The summed E-state index contributed by atoms with van der Waals surface area (Å²) in [5.41, 5.74) is 1.93. The van der Waals surface area contributed by atoms with Crippen molar-refractivity contribution < 1.29 is 14.3 Å². The lowest BCUT2D eigenvalue weighted by Gasteiger charge is -2.24. The minimum atomic E-state index is 0.0414.